The van der Waals surface area contributed by atoms with Crippen molar-refractivity contribution in [3.8, 4) is 5.75 Å². The summed E-state index contributed by atoms with van der Waals surface area (Å²) in [4.78, 5) is 35.7. The molecule has 0 radical (unpaired) electrons. The molecule has 1 aliphatic rings. The van der Waals surface area contributed by atoms with E-state index in [1.54, 1.807) is 31.2 Å². The van der Waals surface area contributed by atoms with Gasteiger partial charge in [-0.1, -0.05) is 12.1 Å². The average Bonchev–Trinajstić information content (AvgIpc) is 2.59. The molecule has 26 heavy (non-hydrogen) atoms. The first-order chi connectivity index (χ1) is 12.3. The summed E-state index contributed by atoms with van der Waals surface area (Å²) in [5.74, 6) is -0.0160. The first-order valence-electron chi connectivity index (χ1n) is 7.98. The minimum atomic E-state index is -0.678. The molecule has 0 aliphatic carbocycles. The third-order valence-electron chi connectivity index (χ3n) is 3.98. The zero-order valence-electron chi connectivity index (χ0n) is 14.3. The van der Waals surface area contributed by atoms with E-state index in [2.05, 4.69) is 5.32 Å². The largest absolute Gasteiger partial charge is 0.479 e. The maximum atomic E-state index is 12.6. The molecule has 0 saturated carbocycles. The summed E-state index contributed by atoms with van der Waals surface area (Å²) in [6.45, 7) is 3.30. The highest BCUT2D eigenvalue weighted by Gasteiger charge is 2.32. The molecule has 0 aromatic heterocycles. The van der Waals surface area contributed by atoms with Gasteiger partial charge in [0.15, 0.2) is 6.10 Å². The van der Waals surface area contributed by atoms with Gasteiger partial charge < -0.3 is 15.0 Å². The summed E-state index contributed by atoms with van der Waals surface area (Å²) in [5.41, 5.74) is 1.73. The van der Waals surface area contributed by atoms with Crippen LogP contribution in [0, 0.1) is 10.1 Å². The number of nitro groups is 1. The molecule has 3 rings (SSSR count). The number of rotatable bonds is 4. The number of carbonyl (C=O) groups excluding carboxylic acids is 2. The summed E-state index contributed by atoms with van der Waals surface area (Å²) in [5, 5.41) is 13.7. The van der Waals surface area contributed by atoms with Gasteiger partial charge in [0, 0.05) is 24.7 Å². The SMILES string of the molecule is CC(=O)Nc1ccc(CN2C(=O)C(C)Oc3ccc([N+](=O)[O-])cc32)cc1. The van der Waals surface area contributed by atoms with Crippen LogP contribution < -0.4 is 15.0 Å². The van der Waals surface area contributed by atoms with Gasteiger partial charge in [-0.25, -0.2) is 0 Å². The van der Waals surface area contributed by atoms with E-state index in [0.717, 1.165) is 5.56 Å². The number of benzene rings is 2. The van der Waals surface area contributed by atoms with Crippen molar-refractivity contribution in [2.45, 2.75) is 26.5 Å². The monoisotopic (exact) mass is 355 g/mol. The minimum Gasteiger partial charge on any atom is -0.479 e. The van der Waals surface area contributed by atoms with Gasteiger partial charge in [0.05, 0.1) is 17.2 Å². The van der Waals surface area contributed by atoms with Crippen molar-refractivity contribution in [3.05, 3.63) is 58.1 Å². The van der Waals surface area contributed by atoms with Crippen LogP contribution in [0.15, 0.2) is 42.5 Å². The van der Waals surface area contributed by atoms with Crippen molar-refractivity contribution in [1.29, 1.82) is 0 Å². The van der Waals surface area contributed by atoms with Crippen LogP contribution >= 0.6 is 0 Å². The van der Waals surface area contributed by atoms with Gasteiger partial charge >= 0.3 is 0 Å². The number of fused-ring (bicyclic) bond motifs is 1. The van der Waals surface area contributed by atoms with Gasteiger partial charge in [-0.15, -0.1) is 0 Å². The number of nitrogens with one attached hydrogen (secondary N) is 1. The highest BCUT2D eigenvalue weighted by molar-refractivity contribution is 6.00. The number of carbonyl (C=O) groups is 2. The lowest BCUT2D eigenvalue weighted by molar-refractivity contribution is -0.384. The Morgan fingerprint density at radius 2 is 1.96 bits per heavy atom. The third-order valence-corrected chi connectivity index (χ3v) is 3.98. The first-order valence-corrected chi connectivity index (χ1v) is 7.98. The second-order valence-corrected chi connectivity index (χ2v) is 5.97. The van der Waals surface area contributed by atoms with Gasteiger partial charge in [0.1, 0.15) is 5.75 Å². The number of anilines is 2. The minimum absolute atomic E-state index is 0.110. The molecular weight excluding hydrogens is 338 g/mol. The second-order valence-electron chi connectivity index (χ2n) is 5.97. The molecule has 1 aliphatic heterocycles. The van der Waals surface area contributed by atoms with E-state index < -0.39 is 11.0 Å². The Morgan fingerprint density at radius 3 is 2.58 bits per heavy atom. The number of nitro benzene ring substituents is 1. The van der Waals surface area contributed by atoms with Crippen LogP contribution in [0.5, 0.6) is 5.75 Å². The number of hydrogen-bond acceptors (Lipinski definition) is 5. The van der Waals surface area contributed by atoms with Gasteiger partial charge in [0.2, 0.25) is 5.91 Å². The molecule has 2 aromatic carbocycles. The van der Waals surface area contributed by atoms with E-state index in [0.29, 0.717) is 17.1 Å². The van der Waals surface area contributed by atoms with E-state index in [1.165, 1.54) is 30.0 Å². The third kappa shape index (κ3) is 3.49. The van der Waals surface area contributed by atoms with Crippen molar-refractivity contribution in [2.75, 3.05) is 10.2 Å². The van der Waals surface area contributed by atoms with E-state index in [9.17, 15) is 19.7 Å². The number of ether oxygens (including phenoxy) is 1. The molecular formula is C18H17N3O5. The van der Waals surface area contributed by atoms with Crippen LogP contribution in [-0.2, 0) is 16.1 Å². The van der Waals surface area contributed by atoms with E-state index in [-0.39, 0.29) is 24.0 Å². The predicted octanol–water partition coefficient (Wildman–Crippen LogP) is 2.87. The molecule has 134 valence electrons. The van der Waals surface area contributed by atoms with Crippen LogP contribution in [0.2, 0.25) is 0 Å². The summed E-state index contributed by atoms with van der Waals surface area (Å²) in [6, 6.07) is 11.2. The fraction of sp³-hybridized carbons (Fsp3) is 0.222. The highest BCUT2D eigenvalue weighted by Crippen LogP contribution is 2.37. The summed E-state index contributed by atoms with van der Waals surface area (Å²) in [6.07, 6.45) is -0.678. The van der Waals surface area contributed by atoms with Crippen LogP contribution in [0.1, 0.15) is 19.4 Å². The number of amides is 2. The number of nitrogens with zero attached hydrogens (tertiary/aromatic N) is 2. The molecule has 0 bridgehead atoms. The van der Waals surface area contributed by atoms with Crippen LogP contribution in [0.3, 0.4) is 0 Å². The molecule has 1 unspecified atom stereocenters. The van der Waals surface area contributed by atoms with Crippen molar-refractivity contribution in [3.63, 3.8) is 0 Å². The fourth-order valence-electron chi connectivity index (χ4n) is 2.75. The Hall–Kier alpha value is -3.42. The molecule has 0 saturated heterocycles. The maximum absolute atomic E-state index is 12.6. The van der Waals surface area contributed by atoms with Crippen molar-refractivity contribution >= 4 is 28.9 Å². The Labute approximate surface area is 149 Å². The highest BCUT2D eigenvalue weighted by atomic mass is 16.6. The molecule has 2 aromatic rings. The van der Waals surface area contributed by atoms with E-state index in [1.807, 2.05) is 0 Å². The molecule has 0 fully saturated rings. The smallest absolute Gasteiger partial charge is 0.271 e. The van der Waals surface area contributed by atoms with Crippen molar-refractivity contribution in [2.24, 2.45) is 0 Å². The Morgan fingerprint density at radius 1 is 1.27 bits per heavy atom. The van der Waals surface area contributed by atoms with Gasteiger partial charge in [0.25, 0.3) is 11.6 Å². The van der Waals surface area contributed by atoms with Crippen molar-refractivity contribution < 1.29 is 19.2 Å². The first kappa shape index (κ1) is 17.4. The lowest BCUT2D eigenvalue weighted by Crippen LogP contribution is -2.44. The van der Waals surface area contributed by atoms with Gasteiger partial charge in [-0.3, -0.25) is 19.7 Å². The fourth-order valence-corrected chi connectivity index (χ4v) is 2.75. The average molecular weight is 355 g/mol. The second kappa shape index (κ2) is 6.83. The van der Waals surface area contributed by atoms with Gasteiger partial charge in [-0.05, 0) is 30.7 Å². The molecule has 8 nitrogen and oxygen atoms in total. The Balaban J connectivity index is 1.91. The molecule has 1 N–H and O–H groups in total. The molecule has 1 atom stereocenters. The van der Waals surface area contributed by atoms with E-state index in [4.69, 9.17) is 4.74 Å². The molecule has 2 amide bonds. The summed E-state index contributed by atoms with van der Waals surface area (Å²) >= 11 is 0. The quantitative estimate of drug-likeness (QED) is 0.671. The van der Waals surface area contributed by atoms with E-state index >= 15 is 0 Å². The molecule has 0 spiro atoms. The number of non-ortho nitro benzene ring substituents is 1. The predicted molar refractivity (Wildman–Crippen MR) is 95.1 cm³/mol. The Bertz CT molecular complexity index is 879. The lowest BCUT2D eigenvalue weighted by atomic mass is 10.1. The Kier molecular flexibility index (Phi) is 4.57. The zero-order valence-corrected chi connectivity index (χ0v) is 14.3. The zero-order chi connectivity index (χ0) is 18.8. The standard InChI is InChI=1S/C18H17N3O5/c1-11-18(23)20(10-13-3-5-14(6-4-13)19-12(2)22)16-9-15(21(24)25)7-8-17(16)26-11/h3-9,11H,10H2,1-2H3,(H,19,22). The lowest BCUT2D eigenvalue weighted by Gasteiger charge is -2.32. The molecule has 8 heteroatoms. The number of hydrogen-bond donors (Lipinski definition) is 1. The maximum Gasteiger partial charge on any atom is 0.271 e. The summed E-state index contributed by atoms with van der Waals surface area (Å²) < 4.78 is 5.55. The van der Waals surface area contributed by atoms with Crippen LogP contribution in [0.25, 0.3) is 0 Å². The van der Waals surface area contributed by atoms with Crippen molar-refractivity contribution in [1.82, 2.24) is 0 Å². The summed E-state index contributed by atoms with van der Waals surface area (Å²) in [7, 11) is 0. The topological polar surface area (TPSA) is 102 Å². The van der Waals surface area contributed by atoms with Crippen LogP contribution in [0.4, 0.5) is 17.1 Å². The van der Waals surface area contributed by atoms with Gasteiger partial charge in [-0.2, -0.15) is 0 Å². The molecule has 1 heterocycles. The van der Waals surface area contributed by atoms with Crippen LogP contribution in [-0.4, -0.2) is 22.8 Å². The normalized spacial score (nSPS) is 15.8.